The highest BCUT2D eigenvalue weighted by atomic mass is 16.6. The number of ether oxygens (including phenoxy) is 1. The molecule has 8 heteroatoms. The normalized spacial score (nSPS) is 11.5. The summed E-state index contributed by atoms with van der Waals surface area (Å²) in [6, 6.07) is 3.37. The second kappa shape index (κ2) is 6.50. The van der Waals surface area contributed by atoms with E-state index in [1.54, 1.807) is 6.92 Å². The molecular weight excluding hydrogens is 268 g/mol. The first-order valence-electron chi connectivity index (χ1n) is 5.70. The molecule has 1 aromatic rings. The molecular formula is C12H14N2O6. The van der Waals surface area contributed by atoms with Crippen LogP contribution in [0.25, 0.3) is 0 Å². The Bertz CT molecular complexity index is 543. The van der Waals surface area contributed by atoms with Crippen LogP contribution in [0.3, 0.4) is 0 Å². The Labute approximate surface area is 114 Å². The number of nitrogens with one attached hydrogen (secondary N) is 1. The quantitative estimate of drug-likeness (QED) is 0.462. The number of methoxy groups -OCH3 is 1. The van der Waals surface area contributed by atoms with E-state index in [1.807, 2.05) is 0 Å². The van der Waals surface area contributed by atoms with Crippen molar-refractivity contribution in [3.05, 3.63) is 33.9 Å². The zero-order chi connectivity index (χ0) is 15.3. The Balaban J connectivity index is 3.21. The number of nitro groups is 1. The fraction of sp³-hybridized carbons (Fsp3) is 0.333. The maximum absolute atomic E-state index is 11.6. The number of anilines is 1. The number of hydrogen-bond acceptors (Lipinski definition) is 6. The number of esters is 1. The molecule has 0 unspecified atom stereocenters. The fourth-order valence-electron chi connectivity index (χ4n) is 1.68. The molecule has 2 N–H and O–H groups in total. The van der Waals surface area contributed by atoms with E-state index in [4.69, 9.17) is 5.11 Å². The molecule has 0 aromatic heterocycles. The van der Waals surface area contributed by atoms with Gasteiger partial charge >= 0.3 is 11.9 Å². The molecule has 0 heterocycles. The largest absolute Gasteiger partial charge is 0.481 e. The average Bonchev–Trinajstić information content (AvgIpc) is 2.36. The first kappa shape index (κ1) is 15.4. The number of carboxylic acids is 1. The van der Waals surface area contributed by atoms with E-state index >= 15 is 0 Å². The van der Waals surface area contributed by atoms with Crippen molar-refractivity contribution in [2.75, 3.05) is 12.4 Å². The van der Waals surface area contributed by atoms with Crippen molar-refractivity contribution in [1.29, 1.82) is 0 Å². The SMILES string of the molecule is COC(=O)c1cccc([N+](=O)[O-])c1N[C@H](C)CC(=O)O. The minimum absolute atomic E-state index is 0.0149. The van der Waals surface area contributed by atoms with E-state index in [-0.39, 0.29) is 23.4 Å². The van der Waals surface area contributed by atoms with Crippen molar-refractivity contribution in [3.63, 3.8) is 0 Å². The maximum Gasteiger partial charge on any atom is 0.340 e. The lowest BCUT2D eigenvalue weighted by molar-refractivity contribution is -0.384. The van der Waals surface area contributed by atoms with Gasteiger partial charge in [-0.25, -0.2) is 4.79 Å². The number of hydrogen-bond donors (Lipinski definition) is 2. The van der Waals surface area contributed by atoms with E-state index in [1.165, 1.54) is 18.2 Å². The monoisotopic (exact) mass is 282 g/mol. The van der Waals surface area contributed by atoms with Crippen molar-refractivity contribution >= 4 is 23.3 Å². The Morgan fingerprint density at radius 2 is 2.15 bits per heavy atom. The maximum atomic E-state index is 11.6. The molecule has 8 nitrogen and oxygen atoms in total. The lowest BCUT2D eigenvalue weighted by Crippen LogP contribution is -2.22. The van der Waals surface area contributed by atoms with Crippen LogP contribution in [-0.2, 0) is 9.53 Å². The molecule has 0 spiro atoms. The number of rotatable bonds is 6. The summed E-state index contributed by atoms with van der Waals surface area (Å²) in [7, 11) is 1.16. The van der Waals surface area contributed by atoms with Gasteiger partial charge in [0.25, 0.3) is 5.69 Å². The predicted molar refractivity (Wildman–Crippen MR) is 69.8 cm³/mol. The van der Waals surface area contributed by atoms with E-state index < -0.39 is 22.9 Å². The van der Waals surface area contributed by atoms with Crippen LogP contribution >= 0.6 is 0 Å². The molecule has 0 saturated carbocycles. The fourth-order valence-corrected chi connectivity index (χ4v) is 1.68. The van der Waals surface area contributed by atoms with Gasteiger partial charge < -0.3 is 15.2 Å². The van der Waals surface area contributed by atoms with E-state index in [0.717, 1.165) is 7.11 Å². The Morgan fingerprint density at radius 3 is 2.65 bits per heavy atom. The molecule has 0 amide bonds. The molecule has 0 aliphatic rings. The molecule has 1 atom stereocenters. The van der Waals surface area contributed by atoms with Gasteiger partial charge in [-0.1, -0.05) is 6.07 Å². The molecule has 0 fully saturated rings. The van der Waals surface area contributed by atoms with Gasteiger partial charge in [0, 0.05) is 12.1 Å². The van der Waals surface area contributed by atoms with Crippen LogP contribution in [0.2, 0.25) is 0 Å². The summed E-state index contributed by atoms with van der Waals surface area (Å²) in [5.74, 6) is -1.79. The van der Waals surface area contributed by atoms with Crippen LogP contribution in [0.5, 0.6) is 0 Å². The van der Waals surface area contributed by atoms with Gasteiger partial charge in [0.1, 0.15) is 5.69 Å². The lowest BCUT2D eigenvalue weighted by atomic mass is 10.1. The Morgan fingerprint density at radius 1 is 1.50 bits per heavy atom. The van der Waals surface area contributed by atoms with Gasteiger partial charge in [-0.2, -0.15) is 0 Å². The van der Waals surface area contributed by atoms with Gasteiger partial charge in [0.05, 0.1) is 24.0 Å². The minimum atomic E-state index is -1.05. The zero-order valence-corrected chi connectivity index (χ0v) is 11.0. The van der Waals surface area contributed by atoms with Gasteiger partial charge in [-0.15, -0.1) is 0 Å². The third kappa shape index (κ3) is 3.67. The van der Waals surface area contributed by atoms with E-state index in [9.17, 15) is 19.7 Å². The predicted octanol–water partition coefficient (Wildman–Crippen LogP) is 1.66. The summed E-state index contributed by atoms with van der Waals surface area (Å²) in [4.78, 5) is 32.6. The summed E-state index contributed by atoms with van der Waals surface area (Å²) in [6.45, 7) is 1.55. The number of carbonyl (C=O) groups excluding carboxylic acids is 1. The van der Waals surface area contributed by atoms with Crippen molar-refractivity contribution in [3.8, 4) is 0 Å². The molecule has 0 radical (unpaired) electrons. The van der Waals surface area contributed by atoms with Crippen LogP contribution in [0.4, 0.5) is 11.4 Å². The van der Waals surface area contributed by atoms with Gasteiger partial charge in [0.2, 0.25) is 0 Å². The summed E-state index contributed by atoms with van der Waals surface area (Å²) in [6.07, 6.45) is -0.243. The molecule has 1 aromatic carbocycles. The highest BCUT2D eigenvalue weighted by molar-refractivity contribution is 5.98. The highest BCUT2D eigenvalue weighted by Gasteiger charge is 2.23. The van der Waals surface area contributed by atoms with Crippen molar-refractivity contribution < 1.29 is 24.4 Å². The summed E-state index contributed by atoms with van der Waals surface area (Å²) in [5, 5.41) is 22.4. The molecule has 0 aliphatic carbocycles. The van der Waals surface area contributed by atoms with Crippen molar-refractivity contribution in [2.24, 2.45) is 0 Å². The van der Waals surface area contributed by atoms with Crippen LogP contribution in [0, 0.1) is 10.1 Å². The third-order valence-corrected chi connectivity index (χ3v) is 2.52. The number of benzene rings is 1. The molecule has 108 valence electrons. The van der Waals surface area contributed by atoms with Gasteiger partial charge in [-0.05, 0) is 13.0 Å². The number of para-hydroxylation sites is 1. The first-order valence-corrected chi connectivity index (χ1v) is 5.70. The standard InChI is InChI=1S/C12H14N2O6/c1-7(6-10(15)16)13-11-8(12(17)20-2)4-3-5-9(11)14(18)19/h3-5,7,13H,6H2,1-2H3,(H,15,16)/t7-/m1/s1. The number of carboxylic acid groups (broad SMARTS) is 1. The lowest BCUT2D eigenvalue weighted by Gasteiger charge is -2.15. The highest BCUT2D eigenvalue weighted by Crippen LogP contribution is 2.29. The number of nitrogens with zero attached hydrogens (tertiary/aromatic N) is 1. The summed E-state index contributed by atoms with van der Waals surface area (Å²) in [5.41, 5.74) is -0.373. The van der Waals surface area contributed by atoms with Gasteiger partial charge in [-0.3, -0.25) is 14.9 Å². The number of nitro benzene ring substituents is 1. The van der Waals surface area contributed by atoms with Crippen LogP contribution in [0.1, 0.15) is 23.7 Å². The number of carbonyl (C=O) groups is 2. The van der Waals surface area contributed by atoms with Crippen LogP contribution < -0.4 is 5.32 Å². The Kier molecular flexibility index (Phi) is 5.01. The smallest absolute Gasteiger partial charge is 0.340 e. The summed E-state index contributed by atoms with van der Waals surface area (Å²) < 4.78 is 4.56. The number of aliphatic carboxylic acids is 1. The molecule has 0 saturated heterocycles. The minimum Gasteiger partial charge on any atom is -0.481 e. The first-order chi connectivity index (χ1) is 9.36. The summed E-state index contributed by atoms with van der Waals surface area (Å²) >= 11 is 0. The Hall–Kier alpha value is -2.64. The molecule has 0 bridgehead atoms. The van der Waals surface area contributed by atoms with Crippen LogP contribution in [-0.4, -0.2) is 35.1 Å². The average molecular weight is 282 g/mol. The van der Waals surface area contributed by atoms with Crippen molar-refractivity contribution in [1.82, 2.24) is 0 Å². The van der Waals surface area contributed by atoms with Crippen LogP contribution in [0.15, 0.2) is 18.2 Å². The van der Waals surface area contributed by atoms with E-state index in [0.29, 0.717) is 0 Å². The molecule has 1 rings (SSSR count). The zero-order valence-electron chi connectivity index (χ0n) is 11.0. The molecule has 20 heavy (non-hydrogen) atoms. The van der Waals surface area contributed by atoms with E-state index in [2.05, 4.69) is 10.1 Å². The third-order valence-electron chi connectivity index (χ3n) is 2.52. The van der Waals surface area contributed by atoms with Gasteiger partial charge in [0.15, 0.2) is 0 Å². The van der Waals surface area contributed by atoms with Crippen molar-refractivity contribution in [2.45, 2.75) is 19.4 Å². The second-order valence-electron chi connectivity index (χ2n) is 4.09. The molecule has 0 aliphatic heterocycles. The second-order valence-corrected chi connectivity index (χ2v) is 4.09. The topological polar surface area (TPSA) is 119 Å².